The van der Waals surface area contributed by atoms with Crippen LogP contribution in [-0.4, -0.2) is 47.2 Å². The molecule has 0 aromatic carbocycles. The zero-order chi connectivity index (χ0) is 16.9. The lowest BCUT2D eigenvalue weighted by atomic mass is 10.3. The molecule has 0 bridgehead atoms. The lowest BCUT2D eigenvalue weighted by molar-refractivity contribution is -0.153. The highest BCUT2D eigenvalue weighted by molar-refractivity contribution is 9.10. The number of alkyl halides is 3. The third kappa shape index (κ3) is 5.36. The van der Waals surface area contributed by atoms with Gasteiger partial charge in [0.1, 0.15) is 18.8 Å². The van der Waals surface area contributed by atoms with Gasteiger partial charge in [-0.1, -0.05) is 0 Å². The molecular weight excluding hydrogens is 369 g/mol. The van der Waals surface area contributed by atoms with Crippen molar-refractivity contribution in [2.45, 2.75) is 26.6 Å². The number of nitrogens with zero attached hydrogens (tertiary/aromatic N) is 2. The third-order valence-electron chi connectivity index (χ3n) is 2.71. The van der Waals surface area contributed by atoms with Crippen LogP contribution in [0, 0.1) is 0 Å². The first-order valence-electron chi connectivity index (χ1n) is 6.55. The topological polar surface area (TPSA) is 51.5 Å². The minimum atomic E-state index is -4.61. The fourth-order valence-electron chi connectivity index (χ4n) is 1.86. The number of aromatic nitrogens is 1. The van der Waals surface area contributed by atoms with E-state index in [-0.39, 0.29) is 12.3 Å². The molecule has 0 atom stereocenters. The Morgan fingerprint density at radius 2 is 2.00 bits per heavy atom. The Balaban J connectivity index is 3.03. The maximum Gasteiger partial charge on any atom is 0.406 e. The van der Waals surface area contributed by atoms with Crippen molar-refractivity contribution in [1.82, 2.24) is 9.47 Å². The molecular formula is C13H16BrF3N2O3. The zero-order valence-electron chi connectivity index (χ0n) is 12.1. The number of ether oxygens (including phenoxy) is 1. The van der Waals surface area contributed by atoms with Gasteiger partial charge in [-0.2, -0.15) is 13.2 Å². The standard InChI is InChI=1S/C13H16BrF3N2O3/c1-3-18-6-9(14)5-10(18)12(21)19(8-13(15,16)17)7-11(20)22-4-2/h5-6H,3-4,7-8H2,1-2H3. The Hall–Kier alpha value is -1.51. The van der Waals surface area contributed by atoms with Crippen molar-refractivity contribution in [3.63, 3.8) is 0 Å². The Morgan fingerprint density at radius 3 is 2.50 bits per heavy atom. The summed E-state index contributed by atoms with van der Waals surface area (Å²) in [7, 11) is 0. The normalized spacial score (nSPS) is 11.4. The molecule has 1 amide bonds. The second-order valence-electron chi connectivity index (χ2n) is 4.41. The monoisotopic (exact) mass is 384 g/mol. The quantitative estimate of drug-likeness (QED) is 0.708. The molecule has 0 spiro atoms. The van der Waals surface area contributed by atoms with E-state index in [1.54, 1.807) is 13.1 Å². The highest BCUT2D eigenvalue weighted by Gasteiger charge is 2.35. The molecule has 0 aliphatic rings. The predicted octanol–water partition coefficient (Wildman–Crippen LogP) is 2.84. The molecule has 0 aliphatic carbocycles. The number of aryl methyl sites for hydroxylation is 1. The van der Waals surface area contributed by atoms with Crippen LogP contribution in [0.1, 0.15) is 24.3 Å². The number of hydrogen-bond donors (Lipinski definition) is 0. The molecule has 0 N–H and O–H groups in total. The number of rotatable bonds is 6. The molecule has 1 rings (SSSR count). The fourth-order valence-corrected chi connectivity index (χ4v) is 2.32. The number of hydrogen-bond acceptors (Lipinski definition) is 3. The van der Waals surface area contributed by atoms with Crippen molar-refractivity contribution in [2.75, 3.05) is 19.7 Å². The van der Waals surface area contributed by atoms with Crippen LogP contribution >= 0.6 is 15.9 Å². The van der Waals surface area contributed by atoms with Gasteiger partial charge < -0.3 is 14.2 Å². The van der Waals surface area contributed by atoms with Gasteiger partial charge in [-0.3, -0.25) is 9.59 Å². The smallest absolute Gasteiger partial charge is 0.406 e. The maximum absolute atomic E-state index is 12.6. The van der Waals surface area contributed by atoms with E-state index < -0.39 is 31.1 Å². The first-order chi connectivity index (χ1) is 10.2. The number of amides is 1. The van der Waals surface area contributed by atoms with Gasteiger partial charge in [0.25, 0.3) is 5.91 Å². The average Bonchev–Trinajstić information content (AvgIpc) is 2.77. The average molecular weight is 385 g/mol. The van der Waals surface area contributed by atoms with Crippen molar-refractivity contribution in [3.8, 4) is 0 Å². The van der Waals surface area contributed by atoms with Gasteiger partial charge in [-0.15, -0.1) is 0 Å². The van der Waals surface area contributed by atoms with E-state index in [1.165, 1.54) is 17.6 Å². The van der Waals surface area contributed by atoms with Gasteiger partial charge in [-0.05, 0) is 35.8 Å². The van der Waals surface area contributed by atoms with Crippen LogP contribution in [0.4, 0.5) is 13.2 Å². The van der Waals surface area contributed by atoms with Crippen LogP contribution in [0.5, 0.6) is 0 Å². The van der Waals surface area contributed by atoms with Gasteiger partial charge >= 0.3 is 12.1 Å². The first-order valence-corrected chi connectivity index (χ1v) is 7.34. The Kier molecular flexibility index (Phi) is 6.46. The highest BCUT2D eigenvalue weighted by atomic mass is 79.9. The summed E-state index contributed by atoms with van der Waals surface area (Å²) in [6.45, 7) is 1.46. The molecule has 0 saturated heterocycles. The van der Waals surface area contributed by atoms with Gasteiger partial charge in [0.2, 0.25) is 0 Å². The highest BCUT2D eigenvalue weighted by Crippen LogP contribution is 2.21. The molecule has 22 heavy (non-hydrogen) atoms. The summed E-state index contributed by atoms with van der Waals surface area (Å²) in [6, 6.07) is 1.42. The van der Waals surface area contributed by atoms with Gasteiger partial charge in [0, 0.05) is 17.2 Å². The lowest BCUT2D eigenvalue weighted by Crippen LogP contribution is -2.43. The molecule has 1 aromatic rings. The predicted molar refractivity (Wildman–Crippen MR) is 76.4 cm³/mol. The van der Waals surface area contributed by atoms with Crippen LogP contribution in [-0.2, 0) is 16.1 Å². The van der Waals surface area contributed by atoms with Crippen molar-refractivity contribution in [3.05, 3.63) is 22.4 Å². The van der Waals surface area contributed by atoms with Crippen LogP contribution in [0.2, 0.25) is 0 Å². The lowest BCUT2D eigenvalue weighted by Gasteiger charge is -2.23. The molecule has 124 valence electrons. The van der Waals surface area contributed by atoms with Crippen molar-refractivity contribution in [2.24, 2.45) is 0 Å². The first kappa shape index (κ1) is 18.5. The van der Waals surface area contributed by atoms with Crippen molar-refractivity contribution >= 4 is 27.8 Å². The van der Waals surface area contributed by atoms with E-state index >= 15 is 0 Å². The van der Waals surface area contributed by atoms with Gasteiger partial charge in [0.15, 0.2) is 0 Å². The number of halogens is 4. The molecule has 0 fully saturated rings. The van der Waals surface area contributed by atoms with Crippen LogP contribution < -0.4 is 0 Å². The summed E-state index contributed by atoms with van der Waals surface area (Å²) in [5.41, 5.74) is 0.0722. The number of carbonyl (C=O) groups excluding carboxylic acids is 2. The van der Waals surface area contributed by atoms with Crippen LogP contribution in [0.15, 0.2) is 16.7 Å². The SMILES string of the molecule is CCOC(=O)CN(CC(F)(F)F)C(=O)c1cc(Br)cn1CC. The van der Waals surface area contributed by atoms with E-state index in [4.69, 9.17) is 0 Å². The fraction of sp³-hybridized carbons (Fsp3) is 0.538. The number of esters is 1. The molecule has 9 heteroatoms. The van der Waals surface area contributed by atoms with Crippen LogP contribution in [0.3, 0.4) is 0 Å². The molecule has 1 aromatic heterocycles. The third-order valence-corrected chi connectivity index (χ3v) is 3.14. The molecule has 0 aliphatic heterocycles. The molecule has 5 nitrogen and oxygen atoms in total. The van der Waals surface area contributed by atoms with E-state index in [2.05, 4.69) is 20.7 Å². The van der Waals surface area contributed by atoms with Gasteiger partial charge in [-0.25, -0.2) is 0 Å². The molecule has 0 saturated carbocycles. The largest absolute Gasteiger partial charge is 0.465 e. The molecule has 1 heterocycles. The zero-order valence-corrected chi connectivity index (χ0v) is 13.7. The van der Waals surface area contributed by atoms with Crippen LogP contribution in [0.25, 0.3) is 0 Å². The summed E-state index contributed by atoms with van der Waals surface area (Å²) in [5, 5.41) is 0. The van der Waals surface area contributed by atoms with E-state index in [9.17, 15) is 22.8 Å². The van der Waals surface area contributed by atoms with Crippen molar-refractivity contribution in [1.29, 1.82) is 0 Å². The van der Waals surface area contributed by atoms with E-state index in [0.29, 0.717) is 15.9 Å². The summed E-state index contributed by atoms with van der Waals surface area (Å²) >= 11 is 3.17. The summed E-state index contributed by atoms with van der Waals surface area (Å²) in [6.07, 6.45) is -3.02. The Bertz CT molecular complexity index is 543. The molecule has 0 radical (unpaired) electrons. The second kappa shape index (κ2) is 7.66. The van der Waals surface area contributed by atoms with Crippen molar-refractivity contribution < 1.29 is 27.5 Å². The minimum absolute atomic E-state index is 0.0315. The summed E-state index contributed by atoms with van der Waals surface area (Å²) < 4.78 is 44.6. The second-order valence-corrected chi connectivity index (χ2v) is 5.33. The summed E-state index contributed by atoms with van der Waals surface area (Å²) in [5.74, 6) is -1.76. The summed E-state index contributed by atoms with van der Waals surface area (Å²) in [4.78, 5) is 24.2. The van der Waals surface area contributed by atoms with E-state index in [0.717, 1.165) is 0 Å². The maximum atomic E-state index is 12.6. The Morgan fingerprint density at radius 1 is 1.36 bits per heavy atom. The Labute approximate surface area is 134 Å². The van der Waals surface area contributed by atoms with E-state index in [1.807, 2.05) is 0 Å². The number of carbonyl (C=O) groups is 2. The van der Waals surface area contributed by atoms with Gasteiger partial charge in [0.05, 0.1) is 6.61 Å². The molecule has 0 unspecified atom stereocenters. The minimum Gasteiger partial charge on any atom is -0.465 e.